The SMILES string of the molecule is COc1cccc(N2CCN(C(=O)c3occc3C)CC2)c1. The Morgan fingerprint density at radius 1 is 1.18 bits per heavy atom. The fraction of sp³-hybridized carbons (Fsp3) is 0.353. The number of nitrogens with zero attached hydrogens (tertiary/aromatic N) is 2. The number of anilines is 1. The molecule has 0 saturated carbocycles. The first kappa shape index (κ1) is 14.5. The summed E-state index contributed by atoms with van der Waals surface area (Å²) in [6.07, 6.45) is 1.56. The van der Waals surface area contributed by atoms with Gasteiger partial charge in [-0.25, -0.2) is 0 Å². The van der Waals surface area contributed by atoms with Crippen LogP contribution in [0.15, 0.2) is 41.0 Å². The fourth-order valence-electron chi connectivity index (χ4n) is 2.71. The Morgan fingerprint density at radius 3 is 2.59 bits per heavy atom. The maximum Gasteiger partial charge on any atom is 0.289 e. The zero-order valence-electron chi connectivity index (χ0n) is 12.9. The molecule has 0 N–H and O–H groups in total. The van der Waals surface area contributed by atoms with Gasteiger partial charge in [-0.1, -0.05) is 6.07 Å². The Hall–Kier alpha value is -2.43. The van der Waals surface area contributed by atoms with Gasteiger partial charge in [-0.3, -0.25) is 4.79 Å². The van der Waals surface area contributed by atoms with E-state index in [1.54, 1.807) is 13.4 Å². The Bertz CT molecular complexity index is 657. The number of ether oxygens (including phenoxy) is 1. The molecule has 2 aromatic rings. The molecule has 5 heteroatoms. The molecule has 1 amide bonds. The molecule has 5 nitrogen and oxygen atoms in total. The van der Waals surface area contributed by atoms with E-state index in [1.165, 1.54) is 0 Å². The monoisotopic (exact) mass is 300 g/mol. The predicted molar refractivity (Wildman–Crippen MR) is 84.6 cm³/mol. The second-order valence-corrected chi connectivity index (χ2v) is 5.41. The van der Waals surface area contributed by atoms with Gasteiger partial charge in [-0.2, -0.15) is 0 Å². The highest BCUT2D eigenvalue weighted by Crippen LogP contribution is 2.22. The number of hydrogen-bond donors (Lipinski definition) is 0. The molecule has 0 unspecified atom stereocenters. The van der Waals surface area contributed by atoms with Crippen LogP contribution >= 0.6 is 0 Å². The number of furan rings is 1. The molecule has 1 aliphatic rings. The summed E-state index contributed by atoms with van der Waals surface area (Å²) < 4.78 is 10.6. The third kappa shape index (κ3) is 2.79. The highest BCUT2D eigenvalue weighted by molar-refractivity contribution is 5.93. The van der Waals surface area contributed by atoms with Crippen molar-refractivity contribution in [3.8, 4) is 5.75 Å². The van der Waals surface area contributed by atoms with Gasteiger partial charge in [-0.15, -0.1) is 0 Å². The second kappa shape index (κ2) is 6.13. The molecule has 3 rings (SSSR count). The van der Waals surface area contributed by atoms with Crippen molar-refractivity contribution in [2.24, 2.45) is 0 Å². The summed E-state index contributed by atoms with van der Waals surface area (Å²) in [4.78, 5) is 16.5. The van der Waals surface area contributed by atoms with Gasteiger partial charge in [0.25, 0.3) is 5.91 Å². The Kier molecular flexibility index (Phi) is 4.04. The molecule has 0 atom stereocenters. The number of amides is 1. The average molecular weight is 300 g/mol. The maximum absolute atomic E-state index is 12.4. The summed E-state index contributed by atoms with van der Waals surface area (Å²) in [7, 11) is 1.67. The van der Waals surface area contributed by atoms with Gasteiger partial charge < -0.3 is 19.0 Å². The molecular formula is C17H20N2O3. The number of carbonyl (C=O) groups is 1. The number of methoxy groups -OCH3 is 1. The van der Waals surface area contributed by atoms with Gasteiger partial charge in [0.15, 0.2) is 5.76 Å². The zero-order valence-corrected chi connectivity index (χ0v) is 12.9. The van der Waals surface area contributed by atoms with Crippen molar-refractivity contribution in [2.45, 2.75) is 6.92 Å². The van der Waals surface area contributed by atoms with E-state index >= 15 is 0 Å². The van der Waals surface area contributed by atoms with E-state index in [9.17, 15) is 4.79 Å². The lowest BCUT2D eigenvalue weighted by Crippen LogP contribution is -2.48. The van der Waals surface area contributed by atoms with Gasteiger partial charge in [0, 0.05) is 43.5 Å². The summed E-state index contributed by atoms with van der Waals surface area (Å²) in [6, 6.07) is 9.82. The molecule has 1 aromatic heterocycles. The minimum Gasteiger partial charge on any atom is -0.497 e. The topological polar surface area (TPSA) is 45.9 Å². The third-order valence-electron chi connectivity index (χ3n) is 4.04. The van der Waals surface area contributed by atoms with Crippen LogP contribution in [0.1, 0.15) is 16.1 Å². The van der Waals surface area contributed by atoms with Crippen molar-refractivity contribution < 1.29 is 13.9 Å². The molecule has 22 heavy (non-hydrogen) atoms. The zero-order chi connectivity index (χ0) is 15.5. The number of aryl methyl sites for hydroxylation is 1. The highest BCUT2D eigenvalue weighted by atomic mass is 16.5. The van der Waals surface area contributed by atoms with Crippen LogP contribution in [0.25, 0.3) is 0 Å². The van der Waals surface area contributed by atoms with Crippen LogP contribution < -0.4 is 9.64 Å². The summed E-state index contributed by atoms with van der Waals surface area (Å²) >= 11 is 0. The van der Waals surface area contributed by atoms with E-state index in [0.717, 1.165) is 30.1 Å². The van der Waals surface area contributed by atoms with Crippen LogP contribution in [-0.2, 0) is 0 Å². The van der Waals surface area contributed by atoms with E-state index in [0.29, 0.717) is 18.8 Å². The first-order valence-corrected chi connectivity index (χ1v) is 7.41. The van der Waals surface area contributed by atoms with E-state index in [2.05, 4.69) is 11.0 Å². The standard InChI is InChI=1S/C17H20N2O3/c1-13-6-11-22-16(13)17(20)19-9-7-18(8-10-19)14-4-3-5-15(12-14)21-2/h3-6,11-12H,7-10H2,1-2H3. The first-order chi connectivity index (χ1) is 10.7. The molecular weight excluding hydrogens is 280 g/mol. The Labute approximate surface area is 130 Å². The van der Waals surface area contributed by atoms with Gasteiger partial charge in [0.05, 0.1) is 13.4 Å². The van der Waals surface area contributed by atoms with Crippen LogP contribution in [0.4, 0.5) is 5.69 Å². The number of hydrogen-bond acceptors (Lipinski definition) is 4. The van der Waals surface area contributed by atoms with E-state index < -0.39 is 0 Å². The number of carbonyl (C=O) groups excluding carboxylic acids is 1. The Morgan fingerprint density at radius 2 is 1.95 bits per heavy atom. The van der Waals surface area contributed by atoms with Crippen molar-refractivity contribution >= 4 is 11.6 Å². The normalized spacial score (nSPS) is 15.0. The minimum absolute atomic E-state index is 0.0206. The van der Waals surface area contributed by atoms with Gasteiger partial charge in [0.1, 0.15) is 5.75 Å². The summed E-state index contributed by atoms with van der Waals surface area (Å²) in [5, 5.41) is 0. The maximum atomic E-state index is 12.4. The molecule has 1 fully saturated rings. The lowest BCUT2D eigenvalue weighted by molar-refractivity contribution is 0.0713. The minimum atomic E-state index is -0.0206. The van der Waals surface area contributed by atoms with Crippen molar-refractivity contribution in [2.75, 3.05) is 38.2 Å². The van der Waals surface area contributed by atoms with Crippen LogP contribution in [0.3, 0.4) is 0 Å². The van der Waals surface area contributed by atoms with E-state index in [1.807, 2.05) is 36.1 Å². The molecule has 1 saturated heterocycles. The van der Waals surface area contributed by atoms with Crippen LogP contribution in [0.5, 0.6) is 5.75 Å². The Balaban J connectivity index is 1.65. The predicted octanol–water partition coefficient (Wildman–Crippen LogP) is 2.56. The van der Waals surface area contributed by atoms with Crippen molar-refractivity contribution in [3.05, 3.63) is 47.9 Å². The van der Waals surface area contributed by atoms with Crippen molar-refractivity contribution in [1.82, 2.24) is 4.90 Å². The summed E-state index contributed by atoms with van der Waals surface area (Å²) in [6.45, 7) is 4.88. The molecule has 0 radical (unpaired) electrons. The van der Waals surface area contributed by atoms with Gasteiger partial charge in [-0.05, 0) is 25.1 Å². The molecule has 1 aliphatic heterocycles. The summed E-state index contributed by atoms with van der Waals surface area (Å²) in [5.74, 6) is 1.28. The van der Waals surface area contributed by atoms with Crippen molar-refractivity contribution in [1.29, 1.82) is 0 Å². The largest absolute Gasteiger partial charge is 0.497 e. The van der Waals surface area contributed by atoms with Crippen LogP contribution in [0.2, 0.25) is 0 Å². The van der Waals surface area contributed by atoms with Crippen LogP contribution in [0, 0.1) is 6.92 Å². The van der Waals surface area contributed by atoms with Gasteiger partial charge >= 0.3 is 0 Å². The fourth-order valence-corrected chi connectivity index (χ4v) is 2.71. The van der Waals surface area contributed by atoms with E-state index in [-0.39, 0.29) is 5.91 Å². The molecule has 0 aliphatic carbocycles. The molecule has 1 aromatic carbocycles. The lowest BCUT2D eigenvalue weighted by atomic mass is 10.2. The molecule has 2 heterocycles. The average Bonchev–Trinajstić information content (AvgIpc) is 3.00. The smallest absolute Gasteiger partial charge is 0.289 e. The third-order valence-corrected chi connectivity index (χ3v) is 4.04. The van der Waals surface area contributed by atoms with Crippen LogP contribution in [-0.4, -0.2) is 44.1 Å². The first-order valence-electron chi connectivity index (χ1n) is 7.41. The van der Waals surface area contributed by atoms with Crippen molar-refractivity contribution in [3.63, 3.8) is 0 Å². The second-order valence-electron chi connectivity index (χ2n) is 5.41. The number of rotatable bonds is 3. The lowest BCUT2D eigenvalue weighted by Gasteiger charge is -2.35. The molecule has 0 spiro atoms. The summed E-state index contributed by atoms with van der Waals surface area (Å²) in [5.41, 5.74) is 2.01. The molecule has 0 bridgehead atoms. The van der Waals surface area contributed by atoms with E-state index in [4.69, 9.17) is 9.15 Å². The molecule has 116 valence electrons. The highest BCUT2D eigenvalue weighted by Gasteiger charge is 2.25. The number of benzene rings is 1. The quantitative estimate of drug-likeness (QED) is 0.874. The number of piperazine rings is 1. The van der Waals surface area contributed by atoms with Gasteiger partial charge in [0.2, 0.25) is 0 Å².